The number of hydrogen-bond acceptors (Lipinski definition) is 7. The summed E-state index contributed by atoms with van der Waals surface area (Å²) in [6.07, 6.45) is -1.49. The number of imidazole rings is 1. The molecule has 1 aromatic carbocycles. The van der Waals surface area contributed by atoms with Crippen LogP contribution in [-0.2, 0) is 13.6 Å². The van der Waals surface area contributed by atoms with E-state index in [-0.39, 0.29) is 24.3 Å². The van der Waals surface area contributed by atoms with E-state index in [1.807, 2.05) is 18.2 Å². The molecular formula is C18H22N4O5S. The van der Waals surface area contributed by atoms with Crippen LogP contribution in [0.2, 0.25) is 0 Å². The van der Waals surface area contributed by atoms with Gasteiger partial charge >= 0.3 is 5.69 Å². The minimum atomic E-state index is -0.917. The van der Waals surface area contributed by atoms with Crippen molar-refractivity contribution in [2.75, 3.05) is 12.4 Å². The third-order valence-corrected chi connectivity index (χ3v) is 5.22. The van der Waals surface area contributed by atoms with E-state index in [1.165, 1.54) is 23.4 Å². The van der Waals surface area contributed by atoms with Gasteiger partial charge in [-0.25, -0.2) is 9.78 Å². The Morgan fingerprint density at radius 2 is 1.96 bits per heavy atom. The first kappa shape index (κ1) is 20.2. The second-order valence-electron chi connectivity index (χ2n) is 6.43. The molecule has 0 aliphatic carbocycles. The lowest BCUT2D eigenvalue weighted by molar-refractivity contribution is 0.0913. The molecule has 28 heavy (non-hydrogen) atoms. The van der Waals surface area contributed by atoms with E-state index in [4.69, 9.17) is 4.74 Å². The minimum absolute atomic E-state index is 0.0217. The van der Waals surface area contributed by atoms with Gasteiger partial charge in [0.15, 0.2) is 16.3 Å². The van der Waals surface area contributed by atoms with E-state index in [0.29, 0.717) is 16.7 Å². The van der Waals surface area contributed by atoms with Gasteiger partial charge in [0.2, 0.25) is 0 Å². The Hall–Kier alpha value is -2.56. The third kappa shape index (κ3) is 4.46. The fourth-order valence-corrected chi connectivity index (χ4v) is 3.52. The molecule has 0 spiro atoms. The number of fused-ring (bicyclic) bond motifs is 1. The van der Waals surface area contributed by atoms with Crippen LogP contribution in [0, 0.1) is 0 Å². The summed E-state index contributed by atoms with van der Waals surface area (Å²) in [7, 11) is 1.51. The molecule has 9 nitrogen and oxygen atoms in total. The largest absolute Gasteiger partial charge is 0.491 e. The Kier molecular flexibility index (Phi) is 6.22. The number of aliphatic hydroxyl groups excluding tert-OH is 2. The number of nitrogens with one attached hydrogen (secondary N) is 1. The van der Waals surface area contributed by atoms with E-state index in [1.54, 1.807) is 23.6 Å². The smallest absolute Gasteiger partial charge is 0.329 e. The number of ether oxygens (including phenoxy) is 1. The van der Waals surface area contributed by atoms with Gasteiger partial charge in [0, 0.05) is 12.8 Å². The van der Waals surface area contributed by atoms with Crippen LogP contribution >= 0.6 is 11.8 Å². The average Bonchev–Trinajstić information content (AvgIpc) is 3.02. The van der Waals surface area contributed by atoms with E-state index in [9.17, 15) is 19.8 Å². The molecule has 150 valence electrons. The van der Waals surface area contributed by atoms with Gasteiger partial charge in [0.1, 0.15) is 18.5 Å². The molecule has 3 rings (SSSR count). The first-order valence-corrected chi connectivity index (χ1v) is 9.71. The van der Waals surface area contributed by atoms with Gasteiger partial charge in [-0.15, -0.1) is 0 Å². The molecule has 0 aliphatic heterocycles. The lowest BCUT2D eigenvalue weighted by Gasteiger charge is -2.15. The van der Waals surface area contributed by atoms with Gasteiger partial charge < -0.3 is 19.5 Å². The van der Waals surface area contributed by atoms with Crippen LogP contribution in [0.15, 0.2) is 45.1 Å². The second kappa shape index (κ2) is 8.63. The monoisotopic (exact) mass is 406 g/mol. The van der Waals surface area contributed by atoms with Crippen LogP contribution in [0.5, 0.6) is 5.75 Å². The Morgan fingerprint density at radius 1 is 1.25 bits per heavy atom. The number of aliphatic hydroxyl groups is 2. The van der Waals surface area contributed by atoms with E-state index < -0.39 is 23.5 Å². The minimum Gasteiger partial charge on any atom is -0.491 e. The summed E-state index contributed by atoms with van der Waals surface area (Å²) in [5.74, 6) is 0.979. The first-order chi connectivity index (χ1) is 13.4. The number of aromatic nitrogens is 4. The van der Waals surface area contributed by atoms with Gasteiger partial charge in [-0.2, -0.15) is 0 Å². The van der Waals surface area contributed by atoms with Crippen LogP contribution in [0.3, 0.4) is 0 Å². The van der Waals surface area contributed by atoms with Crippen LogP contribution in [0.25, 0.3) is 11.2 Å². The lowest BCUT2D eigenvalue weighted by Crippen LogP contribution is -2.30. The fourth-order valence-electron chi connectivity index (χ4n) is 2.66. The summed E-state index contributed by atoms with van der Waals surface area (Å²) in [6, 6.07) is 9.09. The normalized spacial score (nSPS) is 13.6. The highest BCUT2D eigenvalue weighted by Gasteiger charge is 2.20. The summed E-state index contributed by atoms with van der Waals surface area (Å²) in [6.45, 7) is 1.71. The van der Waals surface area contributed by atoms with Crippen molar-refractivity contribution in [1.29, 1.82) is 0 Å². The van der Waals surface area contributed by atoms with Gasteiger partial charge in [-0.1, -0.05) is 30.0 Å². The average molecular weight is 406 g/mol. The zero-order chi connectivity index (χ0) is 20.3. The Labute approximate surface area is 164 Å². The molecule has 0 radical (unpaired) electrons. The number of hydrogen-bond donors (Lipinski definition) is 3. The molecule has 2 aromatic heterocycles. The molecule has 0 aliphatic rings. The number of rotatable bonds is 8. The van der Waals surface area contributed by atoms with Crippen molar-refractivity contribution < 1.29 is 14.9 Å². The molecule has 2 atom stereocenters. The zero-order valence-electron chi connectivity index (χ0n) is 15.5. The molecule has 0 bridgehead atoms. The number of aromatic amines is 1. The predicted octanol–water partition coefficient (Wildman–Crippen LogP) is 0.336. The summed E-state index contributed by atoms with van der Waals surface area (Å²) in [5.41, 5.74) is -0.736. The van der Waals surface area contributed by atoms with Crippen molar-refractivity contribution in [3.63, 3.8) is 0 Å². The number of H-pyrrole nitrogens is 1. The quantitative estimate of drug-likeness (QED) is 0.461. The number of thioether (sulfide) groups is 1. The molecule has 2 heterocycles. The number of para-hydroxylation sites is 1. The van der Waals surface area contributed by atoms with Crippen molar-refractivity contribution in [3.8, 4) is 5.75 Å². The van der Waals surface area contributed by atoms with Crippen LogP contribution in [0.4, 0.5) is 0 Å². The highest BCUT2D eigenvalue weighted by Crippen LogP contribution is 2.22. The summed E-state index contributed by atoms with van der Waals surface area (Å²) >= 11 is 1.24. The second-order valence-corrected chi connectivity index (χ2v) is 7.42. The number of aryl methyl sites for hydroxylation is 1. The van der Waals surface area contributed by atoms with Gasteiger partial charge in [-0.05, 0) is 19.1 Å². The molecule has 10 heteroatoms. The number of nitrogens with zero attached hydrogens (tertiary/aromatic N) is 3. The predicted molar refractivity (Wildman–Crippen MR) is 106 cm³/mol. The van der Waals surface area contributed by atoms with Crippen molar-refractivity contribution >= 4 is 22.9 Å². The molecular weight excluding hydrogens is 384 g/mol. The maximum Gasteiger partial charge on any atom is 0.329 e. The highest BCUT2D eigenvalue weighted by atomic mass is 32.2. The molecule has 0 fully saturated rings. The van der Waals surface area contributed by atoms with Crippen molar-refractivity contribution in [2.45, 2.75) is 30.8 Å². The molecule has 3 N–H and O–H groups in total. The first-order valence-electron chi connectivity index (χ1n) is 8.73. The summed E-state index contributed by atoms with van der Waals surface area (Å²) < 4.78 is 8.37. The molecule has 0 unspecified atom stereocenters. The van der Waals surface area contributed by atoms with Gasteiger partial charge in [0.05, 0.1) is 12.6 Å². The van der Waals surface area contributed by atoms with Gasteiger partial charge in [-0.3, -0.25) is 14.3 Å². The van der Waals surface area contributed by atoms with E-state index in [0.717, 1.165) is 0 Å². The molecule has 0 amide bonds. The van der Waals surface area contributed by atoms with Crippen LogP contribution in [-0.4, -0.2) is 53.9 Å². The zero-order valence-corrected chi connectivity index (χ0v) is 16.3. The van der Waals surface area contributed by atoms with E-state index in [2.05, 4.69) is 9.97 Å². The van der Waals surface area contributed by atoms with Crippen LogP contribution < -0.4 is 16.0 Å². The molecule has 3 aromatic rings. The molecule has 0 saturated heterocycles. The van der Waals surface area contributed by atoms with E-state index >= 15 is 0 Å². The SMILES string of the molecule is C[C@@H](O)CSc1nc2c(c(=O)[nH]c(=O)n2C)n1C[C@@H](O)COc1ccccc1. The summed E-state index contributed by atoms with van der Waals surface area (Å²) in [5, 5.41) is 20.5. The van der Waals surface area contributed by atoms with Gasteiger partial charge in [0.25, 0.3) is 5.56 Å². The van der Waals surface area contributed by atoms with Crippen molar-refractivity contribution in [1.82, 2.24) is 19.1 Å². The third-order valence-electron chi connectivity index (χ3n) is 4.00. The maximum absolute atomic E-state index is 12.4. The summed E-state index contributed by atoms with van der Waals surface area (Å²) in [4.78, 5) is 30.9. The standard InChI is InChI=1S/C18H22N4O5S/c1-11(23)10-28-18-19-15-14(16(25)20-17(26)21(15)2)22(18)8-12(24)9-27-13-6-4-3-5-7-13/h3-7,11-12,23-24H,8-10H2,1-2H3,(H,20,25,26)/t11-,12-/m1/s1. The topological polar surface area (TPSA) is 122 Å². The van der Waals surface area contributed by atoms with Crippen LogP contribution in [0.1, 0.15) is 6.92 Å². The Bertz CT molecular complexity index is 1060. The van der Waals surface area contributed by atoms with Crippen molar-refractivity contribution in [2.24, 2.45) is 7.05 Å². The Morgan fingerprint density at radius 3 is 2.64 bits per heavy atom. The highest BCUT2D eigenvalue weighted by molar-refractivity contribution is 7.99. The Balaban J connectivity index is 1.90. The molecule has 0 saturated carbocycles. The number of benzene rings is 1. The maximum atomic E-state index is 12.4. The van der Waals surface area contributed by atoms with Crippen molar-refractivity contribution in [3.05, 3.63) is 51.2 Å². The fraction of sp³-hybridized carbons (Fsp3) is 0.389. The lowest BCUT2D eigenvalue weighted by atomic mass is 10.3.